The molecule has 0 bridgehead atoms. The SMILES string of the molecule is CC(Cn1cnc2cc(N)ccc21)N(C)C1CC1. The molecule has 1 fully saturated rings. The molecule has 1 atom stereocenters. The lowest BCUT2D eigenvalue weighted by molar-refractivity contribution is 0.227. The first-order valence-electron chi connectivity index (χ1n) is 6.57. The van der Waals surface area contributed by atoms with E-state index in [0.717, 1.165) is 23.8 Å². The molecule has 4 nitrogen and oxygen atoms in total. The van der Waals surface area contributed by atoms with Gasteiger partial charge < -0.3 is 10.3 Å². The van der Waals surface area contributed by atoms with E-state index in [-0.39, 0.29) is 0 Å². The number of hydrogen-bond acceptors (Lipinski definition) is 3. The van der Waals surface area contributed by atoms with Crippen molar-refractivity contribution in [3.8, 4) is 0 Å². The normalized spacial score (nSPS) is 17.5. The Bertz CT molecular complexity index is 556. The van der Waals surface area contributed by atoms with Crippen LogP contribution in [-0.2, 0) is 6.54 Å². The molecule has 1 aliphatic rings. The van der Waals surface area contributed by atoms with Crippen LogP contribution in [0.25, 0.3) is 11.0 Å². The molecular weight excluding hydrogens is 224 g/mol. The summed E-state index contributed by atoms with van der Waals surface area (Å²) in [6, 6.07) is 7.26. The zero-order chi connectivity index (χ0) is 12.7. The van der Waals surface area contributed by atoms with Crippen LogP contribution in [0.4, 0.5) is 5.69 Å². The van der Waals surface area contributed by atoms with Gasteiger partial charge >= 0.3 is 0 Å². The standard InChI is InChI=1S/C14H20N4/c1-10(17(2)12-4-5-12)8-18-9-16-13-7-11(15)3-6-14(13)18/h3,6-7,9-10,12H,4-5,8,15H2,1-2H3. The van der Waals surface area contributed by atoms with Crippen LogP contribution in [0.1, 0.15) is 19.8 Å². The van der Waals surface area contributed by atoms with E-state index in [0.29, 0.717) is 6.04 Å². The molecule has 0 aliphatic heterocycles. The van der Waals surface area contributed by atoms with Crippen molar-refractivity contribution < 1.29 is 0 Å². The van der Waals surface area contributed by atoms with Gasteiger partial charge in [0.1, 0.15) is 0 Å². The summed E-state index contributed by atoms with van der Waals surface area (Å²) in [7, 11) is 2.22. The van der Waals surface area contributed by atoms with E-state index in [1.165, 1.54) is 18.4 Å². The molecule has 0 spiro atoms. The number of benzene rings is 1. The zero-order valence-electron chi connectivity index (χ0n) is 11.0. The van der Waals surface area contributed by atoms with Crippen molar-refractivity contribution in [3.63, 3.8) is 0 Å². The van der Waals surface area contributed by atoms with Crippen LogP contribution >= 0.6 is 0 Å². The largest absolute Gasteiger partial charge is 0.399 e. The summed E-state index contributed by atoms with van der Waals surface area (Å²) in [5.41, 5.74) is 8.70. The molecule has 18 heavy (non-hydrogen) atoms. The Morgan fingerprint density at radius 2 is 2.28 bits per heavy atom. The number of rotatable bonds is 4. The highest BCUT2D eigenvalue weighted by Crippen LogP contribution is 2.27. The summed E-state index contributed by atoms with van der Waals surface area (Å²) in [5.74, 6) is 0. The Balaban J connectivity index is 1.81. The van der Waals surface area contributed by atoms with Crippen molar-refractivity contribution in [2.75, 3.05) is 12.8 Å². The summed E-state index contributed by atoms with van der Waals surface area (Å²) in [6.07, 6.45) is 4.62. The first-order valence-corrected chi connectivity index (χ1v) is 6.57. The van der Waals surface area contributed by atoms with E-state index in [4.69, 9.17) is 5.73 Å². The van der Waals surface area contributed by atoms with Crippen molar-refractivity contribution >= 4 is 16.7 Å². The highest BCUT2D eigenvalue weighted by atomic mass is 15.2. The lowest BCUT2D eigenvalue weighted by Gasteiger charge is -2.24. The molecule has 0 amide bonds. The highest BCUT2D eigenvalue weighted by molar-refractivity contribution is 5.78. The Kier molecular flexibility index (Phi) is 2.74. The quantitative estimate of drug-likeness (QED) is 0.838. The second kappa shape index (κ2) is 4.28. The van der Waals surface area contributed by atoms with Gasteiger partial charge in [-0.1, -0.05) is 0 Å². The summed E-state index contributed by atoms with van der Waals surface area (Å²) >= 11 is 0. The molecule has 1 aromatic carbocycles. The van der Waals surface area contributed by atoms with Gasteiger partial charge in [-0.25, -0.2) is 4.98 Å². The third-order valence-corrected chi connectivity index (χ3v) is 3.92. The van der Waals surface area contributed by atoms with Crippen molar-refractivity contribution in [2.45, 2.75) is 38.4 Å². The maximum Gasteiger partial charge on any atom is 0.0958 e. The first-order chi connectivity index (χ1) is 8.65. The fourth-order valence-corrected chi connectivity index (χ4v) is 2.48. The Labute approximate surface area is 107 Å². The fraction of sp³-hybridized carbons (Fsp3) is 0.500. The van der Waals surface area contributed by atoms with Gasteiger partial charge in [-0.3, -0.25) is 4.90 Å². The summed E-state index contributed by atoms with van der Waals surface area (Å²) in [5, 5.41) is 0. The van der Waals surface area contributed by atoms with Crippen molar-refractivity contribution in [3.05, 3.63) is 24.5 Å². The number of likely N-dealkylation sites (N-methyl/N-ethyl adjacent to an activating group) is 1. The molecule has 4 heteroatoms. The number of nitrogens with zero attached hydrogens (tertiary/aromatic N) is 3. The smallest absolute Gasteiger partial charge is 0.0958 e. The van der Waals surface area contributed by atoms with Gasteiger partial charge in [0.05, 0.1) is 17.4 Å². The number of nitrogens with two attached hydrogens (primary N) is 1. The maximum absolute atomic E-state index is 5.77. The molecule has 0 radical (unpaired) electrons. The minimum Gasteiger partial charge on any atom is -0.399 e. The monoisotopic (exact) mass is 244 g/mol. The zero-order valence-corrected chi connectivity index (χ0v) is 11.0. The van der Waals surface area contributed by atoms with Gasteiger partial charge in [0.25, 0.3) is 0 Å². The molecule has 3 rings (SSSR count). The molecule has 1 aliphatic carbocycles. The molecule has 96 valence electrons. The van der Waals surface area contributed by atoms with Crippen molar-refractivity contribution in [1.29, 1.82) is 0 Å². The van der Waals surface area contributed by atoms with E-state index in [1.807, 2.05) is 18.5 Å². The minimum atomic E-state index is 0.535. The maximum atomic E-state index is 5.77. The van der Waals surface area contributed by atoms with Crippen LogP contribution in [-0.4, -0.2) is 33.6 Å². The number of imidazole rings is 1. The van der Waals surface area contributed by atoms with Gasteiger partial charge in [-0.05, 0) is 45.0 Å². The molecule has 1 aromatic heterocycles. The Morgan fingerprint density at radius 1 is 1.50 bits per heavy atom. The van der Waals surface area contributed by atoms with Crippen LogP contribution in [0, 0.1) is 0 Å². The molecule has 1 unspecified atom stereocenters. The Morgan fingerprint density at radius 3 is 3.00 bits per heavy atom. The molecular formula is C14H20N4. The third-order valence-electron chi connectivity index (χ3n) is 3.92. The molecule has 0 saturated heterocycles. The number of fused-ring (bicyclic) bond motifs is 1. The van der Waals surface area contributed by atoms with Gasteiger partial charge in [-0.2, -0.15) is 0 Å². The van der Waals surface area contributed by atoms with E-state index in [2.05, 4.69) is 34.5 Å². The van der Waals surface area contributed by atoms with Gasteiger partial charge in [0.2, 0.25) is 0 Å². The number of nitrogen functional groups attached to an aromatic ring is 1. The summed E-state index contributed by atoms with van der Waals surface area (Å²) in [4.78, 5) is 6.89. The van der Waals surface area contributed by atoms with E-state index >= 15 is 0 Å². The number of hydrogen-bond donors (Lipinski definition) is 1. The van der Waals surface area contributed by atoms with Gasteiger partial charge in [0, 0.05) is 24.3 Å². The Hall–Kier alpha value is -1.55. The lowest BCUT2D eigenvalue weighted by Crippen LogP contribution is -2.34. The molecule has 2 aromatic rings. The summed E-state index contributed by atoms with van der Waals surface area (Å²) < 4.78 is 2.22. The second-order valence-electron chi connectivity index (χ2n) is 5.39. The van der Waals surface area contributed by atoms with E-state index in [1.54, 1.807) is 0 Å². The fourth-order valence-electron chi connectivity index (χ4n) is 2.48. The van der Waals surface area contributed by atoms with Crippen LogP contribution in [0.15, 0.2) is 24.5 Å². The van der Waals surface area contributed by atoms with Gasteiger partial charge in [0.15, 0.2) is 0 Å². The first kappa shape index (κ1) is 11.5. The van der Waals surface area contributed by atoms with Crippen LogP contribution in [0.5, 0.6) is 0 Å². The number of anilines is 1. The second-order valence-corrected chi connectivity index (χ2v) is 5.39. The topological polar surface area (TPSA) is 47.1 Å². The third kappa shape index (κ3) is 2.08. The molecule has 1 saturated carbocycles. The predicted molar refractivity (Wildman–Crippen MR) is 74.4 cm³/mol. The van der Waals surface area contributed by atoms with E-state index in [9.17, 15) is 0 Å². The average Bonchev–Trinajstić information content (AvgIpc) is 3.12. The summed E-state index contributed by atoms with van der Waals surface area (Å²) in [6.45, 7) is 3.26. The average molecular weight is 244 g/mol. The minimum absolute atomic E-state index is 0.535. The molecule has 2 N–H and O–H groups in total. The van der Waals surface area contributed by atoms with Crippen LogP contribution in [0.2, 0.25) is 0 Å². The van der Waals surface area contributed by atoms with Gasteiger partial charge in [-0.15, -0.1) is 0 Å². The highest BCUT2D eigenvalue weighted by Gasteiger charge is 2.29. The number of aromatic nitrogens is 2. The molecule has 1 heterocycles. The van der Waals surface area contributed by atoms with Crippen molar-refractivity contribution in [1.82, 2.24) is 14.5 Å². The van der Waals surface area contributed by atoms with E-state index < -0.39 is 0 Å². The predicted octanol–water partition coefficient (Wildman–Crippen LogP) is 2.10. The van der Waals surface area contributed by atoms with Crippen LogP contribution in [0.3, 0.4) is 0 Å². The van der Waals surface area contributed by atoms with Crippen molar-refractivity contribution in [2.24, 2.45) is 0 Å². The van der Waals surface area contributed by atoms with Crippen LogP contribution < -0.4 is 5.73 Å². The lowest BCUT2D eigenvalue weighted by atomic mass is 10.2.